The van der Waals surface area contributed by atoms with Crippen molar-refractivity contribution in [3.05, 3.63) is 0 Å². The van der Waals surface area contributed by atoms with Crippen LogP contribution in [0.25, 0.3) is 0 Å². The van der Waals surface area contributed by atoms with Crippen molar-refractivity contribution in [2.24, 2.45) is 0 Å². The SMILES string of the molecule is CC(C)OC(=O)COC1CCCNC1. The van der Waals surface area contributed by atoms with Crippen molar-refractivity contribution in [3.8, 4) is 0 Å². The molecule has 1 N–H and O–H groups in total. The number of carbonyl (C=O) groups excluding carboxylic acids is 1. The fraction of sp³-hybridized carbons (Fsp3) is 0.900. The number of nitrogens with one attached hydrogen (secondary N) is 1. The molecule has 0 aromatic heterocycles. The summed E-state index contributed by atoms with van der Waals surface area (Å²) < 4.78 is 10.4. The minimum Gasteiger partial charge on any atom is -0.461 e. The lowest BCUT2D eigenvalue weighted by Gasteiger charge is -2.22. The summed E-state index contributed by atoms with van der Waals surface area (Å²) in [4.78, 5) is 11.1. The molecule has 82 valence electrons. The van der Waals surface area contributed by atoms with Crippen LogP contribution in [-0.2, 0) is 14.3 Å². The van der Waals surface area contributed by atoms with Crippen molar-refractivity contribution in [1.29, 1.82) is 0 Å². The van der Waals surface area contributed by atoms with Gasteiger partial charge in [-0.15, -0.1) is 0 Å². The van der Waals surface area contributed by atoms with Crippen LogP contribution in [0.15, 0.2) is 0 Å². The predicted octanol–water partition coefficient (Wildman–Crippen LogP) is 0.707. The van der Waals surface area contributed by atoms with E-state index in [-0.39, 0.29) is 24.8 Å². The number of rotatable bonds is 4. The Hall–Kier alpha value is -0.610. The first-order valence-electron chi connectivity index (χ1n) is 5.20. The van der Waals surface area contributed by atoms with Crippen LogP contribution >= 0.6 is 0 Å². The summed E-state index contributed by atoms with van der Waals surface area (Å²) in [5.74, 6) is -0.273. The molecule has 4 nitrogen and oxygen atoms in total. The second-order valence-corrected chi connectivity index (χ2v) is 3.82. The van der Waals surface area contributed by atoms with E-state index in [1.807, 2.05) is 13.8 Å². The highest BCUT2D eigenvalue weighted by Gasteiger charge is 2.15. The van der Waals surface area contributed by atoms with E-state index in [4.69, 9.17) is 9.47 Å². The Bertz CT molecular complexity index is 176. The van der Waals surface area contributed by atoms with E-state index in [0.717, 1.165) is 25.9 Å². The van der Waals surface area contributed by atoms with E-state index < -0.39 is 0 Å². The van der Waals surface area contributed by atoms with Gasteiger partial charge in [-0.2, -0.15) is 0 Å². The highest BCUT2D eigenvalue weighted by molar-refractivity contribution is 5.70. The molecule has 1 fully saturated rings. The van der Waals surface area contributed by atoms with Gasteiger partial charge in [0.1, 0.15) is 6.61 Å². The Balaban J connectivity index is 2.09. The van der Waals surface area contributed by atoms with Crippen molar-refractivity contribution in [1.82, 2.24) is 5.32 Å². The Labute approximate surface area is 85.0 Å². The summed E-state index contributed by atoms with van der Waals surface area (Å²) >= 11 is 0. The summed E-state index contributed by atoms with van der Waals surface area (Å²) in [6, 6.07) is 0. The number of hydrogen-bond donors (Lipinski definition) is 1. The fourth-order valence-electron chi connectivity index (χ4n) is 1.44. The molecule has 1 aliphatic rings. The fourth-order valence-corrected chi connectivity index (χ4v) is 1.44. The zero-order valence-corrected chi connectivity index (χ0v) is 8.91. The van der Waals surface area contributed by atoms with Crippen molar-refractivity contribution in [3.63, 3.8) is 0 Å². The van der Waals surface area contributed by atoms with E-state index >= 15 is 0 Å². The first kappa shape index (κ1) is 11.5. The molecule has 0 aliphatic carbocycles. The third-order valence-electron chi connectivity index (χ3n) is 2.06. The van der Waals surface area contributed by atoms with Crippen LogP contribution < -0.4 is 5.32 Å². The topological polar surface area (TPSA) is 47.6 Å². The van der Waals surface area contributed by atoms with Gasteiger partial charge >= 0.3 is 5.97 Å². The summed E-state index contributed by atoms with van der Waals surface area (Å²) in [5.41, 5.74) is 0. The number of piperidine rings is 1. The summed E-state index contributed by atoms with van der Waals surface area (Å²) in [6.45, 7) is 5.63. The largest absolute Gasteiger partial charge is 0.461 e. The van der Waals surface area contributed by atoms with Gasteiger partial charge in [0.2, 0.25) is 0 Å². The van der Waals surface area contributed by atoms with Crippen LogP contribution in [0.1, 0.15) is 26.7 Å². The number of hydrogen-bond acceptors (Lipinski definition) is 4. The molecule has 1 rings (SSSR count). The highest BCUT2D eigenvalue weighted by Crippen LogP contribution is 2.05. The molecule has 1 unspecified atom stereocenters. The van der Waals surface area contributed by atoms with Crippen LogP contribution in [0.4, 0.5) is 0 Å². The van der Waals surface area contributed by atoms with E-state index in [1.54, 1.807) is 0 Å². The molecule has 1 aliphatic heterocycles. The van der Waals surface area contributed by atoms with Crippen LogP contribution in [0.5, 0.6) is 0 Å². The zero-order chi connectivity index (χ0) is 10.4. The summed E-state index contributed by atoms with van der Waals surface area (Å²) in [6.07, 6.45) is 2.25. The molecule has 0 bridgehead atoms. The molecular weight excluding hydrogens is 182 g/mol. The zero-order valence-electron chi connectivity index (χ0n) is 8.91. The van der Waals surface area contributed by atoms with Crippen LogP contribution in [0.2, 0.25) is 0 Å². The van der Waals surface area contributed by atoms with Crippen molar-refractivity contribution < 1.29 is 14.3 Å². The first-order chi connectivity index (χ1) is 6.68. The van der Waals surface area contributed by atoms with Crippen LogP contribution in [0, 0.1) is 0 Å². The van der Waals surface area contributed by atoms with Crippen molar-refractivity contribution in [2.75, 3.05) is 19.7 Å². The molecule has 0 aromatic carbocycles. The molecule has 4 heteroatoms. The van der Waals surface area contributed by atoms with E-state index in [1.165, 1.54) is 0 Å². The van der Waals surface area contributed by atoms with Gasteiger partial charge in [0.15, 0.2) is 0 Å². The van der Waals surface area contributed by atoms with Gasteiger partial charge in [0, 0.05) is 6.54 Å². The monoisotopic (exact) mass is 201 g/mol. The van der Waals surface area contributed by atoms with E-state index in [0.29, 0.717) is 0 Å². The lowest BCUT2D eigenvalue weighted by Crippen LogP contribution is -2.36. The maximum absolute atomic E-state index is 11.1. The van der Waals surface area contributed by atoms with Crippen molar-refractivity contribution in [2.45, 2.75) is 38.9 Å². The second-order valence-electron chi connectivity index (χ2n) is 3.82. The number of esters is 1. The van der Waals surface area contributed by atoms with Crippen LogP contribution in [0.3, 0.4) is 0 Å². The first-order valence-corrected chi connectivity index (χ1v) is 5.20. The standard InChI is InChI=1S/C10H19NO3/c1-8(2)14-10(12)7-13-9-4-3-5-11-6-9/h8-9,11H,3-7H2,1-2H3. The molecule has 0 spiro atoms. The minimum absolute atomic E-state index is 0.0596. The third kappa shape index (κ3) is 4.58. The average molecular weight is 201 g/mol. The van der Waals surface area contributed by atoms with Gasteiger partial charge in [0.25, 0.3) is 0 Å². The Morgan fingerprint density at radius 2 is 2.36 bits per heavy atom. The quantitative estimate of drug-likeness (QED) is 0.680. The maximum atomic E-state index is 11.1. The molecule has 0 radical (unpaired) electrons. The Morgan fingerprint density at radius 3 is 2.93 bits per heavy atom. The normalized spacial score (nSPS) is 22.4. The lowest BCUT2D eigenvalue weighted by molar-refractivity contribution is -0.155. The van der Waals surface area contributed by atoms with Crippen LogP contribution in [-0.4, -0.2) is 37.9 Å². The van der Waals surface area contributed by atoms with Gasteiger partial charge in [-0.05, 0) is 33.2 Å². The minimum atomic E-state index is -0.273. The van der Waals surface area contributed by atoms with Gasteiger partial charge in [-0.1, -0.05) is 0 Å². The second kappa shape index (κ2) is 5.98. The smallest absolute Gasteiger partial charge is 0.332 e. The molecule has 1 heterocycles. The molecule has 1 atom stereocenters. The lowest BCUT2D eigenvalue weighted by atomic mass is 10.1. The summed E-state index contributed by atoms with van der Waals surface area (Å²) in [5, 5.41) is 3.22. The van der Waals surface area contributed by atoms with E-state index in [9.17, 15) is 4.79 Å². The molecule has 0 saturated carbocycles. The van der Waals surface area contributed by atoms with E-state index in [2.05, 4.69) is 5.32 Å². The molecule has 1 saturated heterocycles. The van der Waals surface area contributed by atoms with Gasteiger partial charge in [-0.25, -0.2) is 4.79 Å². The van der Waals surface area contributed by atoms with Gasteiger partial charge in [0.05, 0.1) is 12.2 Å². The number of ether oxygens (including phenoxy) is 2. The molecule has 0 amide bonds. The Morgan fingerprint density at radius 1 is 1.57 bits per heavy atom. The van der Waals surface area contributed by atoms with Gasteiger partial charge < -0.3 is 14.8 Å². The Kier molecular flexibility index (Phi) is 4.90. The molecular formula is C10H19NO3. The highest BCUT2D eigenvalue weighted by atomic mass is 16.6. The summed E-state index contributed by atoms with van der Waals surface area (Å²) in [7, 11) is 0. The van der Waals surface area contributed by atoms with Gasteiger partial charge in [-0.3, -0.25) is 0 Å². The maximum Gasteiger partial charge on any atom is 0.332 e. The number of carbonyl (C=O) groups is 1. The molecule has 0 aromatic rings. The molecule has 14 heavy (non-hydrogen) atoms. The predicted molar refractivity (Wildman–Crippen MR) is 53.1 cm³/mol. The third-order valence-corrected chi connectivity index (χ3v) is 2.06. The van der Waals surface area contributed by atoms with Crippen molar-refractivity contribution >= 4 is 5.97 Å². The average Bonchev–Trinajstić information content (AvgIpc) is 2.15.